The first-order valence-electron chi connectivity index (χ1n) is 6.64. The van der Waals surface area contributed by atoms with E-state index in [4.69, 9.17) is 4.74 Å². The summed E-state index contributed by atoms with van der Waals surface area (Å²) in [6.07, 6.45) is 0. The highest BCUT2D eigenvalue weighted by atomic mass is 19.2. The molecule has 1 fully saturated rings. The van der Waals surface area contributed by atoms with E-state index in [1.807, 2.05) is 6.92 Å². The Labute approximate surface area is 116 Å². The van der Waals surface area contributed by atoms with Crippen LogP contribution in [0.5, 0.6) is 0 Å². The van der Waals surface area contributed by atoms with E-state index >= 15 is 0 Å². The lowest BCUT2D eigenvalue weighted by Gasteiger charge is -2.17. The third-order valence-electron chi connectivity index (χ3n) is 3.33. The van der Waals surface area contributed by atoms with Crippen molar-refractivity contribution in [3.8, 4) is 0 Å². The molecule has 1 aliphatic heterocycles. The summed E-state index contributed by atoms with van der Waals surface area (Å²) < 4.78 is 31.1. The second kappa shape index (κ2) is 6.76. The topological polar surface area (TPSA) is 50.4 Å². The SMILES string of the molecule is CCNC1COCC1C(=O)NCc1ccc(F)c(F)c1. The minimum atomic E-state index is -0.911. The fourth-order valence-electron chi connectivity index (χ4n) is 2.25. The van der Waals surface area contributed by atoms with Gasteiger partial charge in [0.1, 0.15) is 0 Å². The average Bonchev–Trinajstić information content (AvgIpc) is 2.88. The Balaban J connectivity index is 1.89. The molecular formula is C14H18F2N2O2. The Bertz CT molecular complexity index is 482. The van der Waals surface area contributed by atoms with Crippen molar-refractivity contribution in [2.24, 2.45) is 5.92 Å². The van der Waals surface area contributed by atoms with Crippen molar-refractivity contribution < 1.29 is 18.3 Å². The molecule has 0 saturated carbocycles. The van der Waals surface area contributed by atoms with Crippen LogP contribution >= 0.6 is 0 Å². The Morgan fingerprint density at radius 2 is 2.15 bits per heavy atom. The average molecular weight is 284 g/mol. The Morgan fingerprint density at radius 1 is 1.35 bits per heavy atom. The molecule has 0 spiro atoms. The number of ether oxygens (including phenoxy) is 1. The number of amides is 1. The van der Waals surface area contributed by atoms with Crippen LogP contribution in [0.2, 0.25) is 0 Å². The number of likely N-dealkylation sites (N-methyl/N-ethyl adjacent to an activating group) is 1. The van der Waals surface area contributed by atoms with Gasteiger partial charge < -0.3 is 15.4 Å². The monoisotopic (exact) mass is 284 g/mol. The smallest absolute Gasteiger partial charge is 0.227 e. The van der Waals surface area contributed by atoms with Gasteiger partial charge >= 0.3 is 0 Å². The molecule has 20 heavy (non-hydrogen) atoms. The van der Waals surface area contributed by atoms with Gasteiger partial charge in [0.15, 0.2) is 11.6 Å². The predicted octanol–water partition coefficient (Wildman–Crippen LogP) is 1.21. The quantitative estimate of drug-likeness (QED) is 0.854. The molecule has 1 amide bonds. The van der Waals surface area contributed by atoms with Crippen molar-refractivity contribution >= 4 is 5.91 Å². The van der Waals surface area contributed by atoms with E-state index in [-0.39, 0.29) is 24.4 Å². The van der Waals surface area contributed by atoms with E-state index < -0.39 is 11.6 Å². The zero-order chi connectivity index (χ0) is 14.5. The Hall–Kier alpha value is -1.53. The molecule has 0 aromatic heterocycles. The first-order chi connectivity index (χ1) is 9.61. The molecule has 1 aromatic carbocycles. The lowest BCUT2D eigenvalue weighted by atomic mass is 10.0. The summed E-state index contributed by atoms with van der Waals surface area (Å²) in [5.41, 5.74) is 0.524. The molecule has 1 aliphatic rings. The normalized spacial score (nSPS) is 21.9. The molecule has 1 aromatic rings. The van der Waals surface area contributed by atoms with Gasteiger partial charge in [-0.15, -0.1) is 0 Å². The van der Waals surface area contributed by atoms with Crippen LogP contribution < -0.4 is 10.6 Å². The van der Waals surface area contributed by atoms with Crippen molar-refractivity contribution in [3.05, 3.63) is 35.4 Å². The third kappa shape index (κ3) is 3.52. The van der Waals surface area contributed by atoms with Gasteiger partial charge in [-0.05, 0) is 24.2 Å². The lowest BCUT2D eigenvalue weighted by molar-refractivity contribution is -0.125. The number of hydrogen-bond donors (Lipinski definition) is 2. The molecule has 6 heteroatoms. The Kier molecular flexibility index (Phi) is 5.03. The van der Waals surface area contributed by atoms with Crippen LogP contribution in [0.1, 0.15) is 12.5 Å². The highest BCUT2D eigenvalue weighted by Crippen LogP contribution is 2.14. The standard InChI is InChI=1S/C14H18F2N2O2/c1-2-17-13-8-20-7-10(13)14(19)18-6-9-3-4-11(15)12(16)5-9/h3-5,10,13,17H,2,6-8H2,1H3,(H,18,19). The molecule has 2 N–H and O–H groups in total. The van der Waals surface area contributed by atoms with Crippen molar-refractivity contribution in [2.75, 3.05) is 19.8 Å². The predicted molar refractivity (Wildman–Crippen MR) is 70.0 cm³/mol. The van der Waals surface area contributed by atoms with E-state index in [1.165, 1.54) is 6.07 Å². The van der Waals surface area contributed by atoms with E-state index in [0.717, 1.165) is 18.7 Å². The van der Waals surface area contributed by atoms with Crippen molar-refractivity contribution in [1.29, 1.82) is 0 Å². The van der Waals surface area contributed by atoms with Gasteiger partial charge in [-0.1, -0.05) is 13.0 Å². The molecule has 0 radical (unpaired) electrons. The number of halogens is 2. The number of carbonyl (C=O) groups is 1. The van der Waals surface area contributed by atoms with E-state index in [2.05, 4.69) is 10.6 Å². The van der Waals surface area contributed by atoms with Crippen LogP contribution in [0.15, 0.2) is 18.2 Å². The first kappa shape index (κ1) is 14.9. The summed E-state index contributed by atoms with van der Waals surface area (Å²) in [6, 6.07) is 3.59. The van der Waals surface area contributed by atoms with Gasteiger partial charge in [-0.25, -0.2) is 8.78 Å². The summed E-state index contributed by atoms with van der Waals surface area (Å²) in [5, 5.41) is 5.92. The minimum absolute atomic E-state index is 0.00459. The fraction of sp³-hybridized carbons (Fsp3) is 0.500. The number of hydrogen-bond acceptors (Lipinski definition) is 3. The van der Waals surface area contributed by atoms with Crippen molar-refractivity contribution in [2.45, 2.75) is 19.5 Å². The molecule has 4 nitrogen and oxygen atoms in total. The van der Waals surface area contributed by atoms with E-state index in [1.54, 1.807) is 0 Å². The maximum Gasteiger partial charge on any atom is 0.227 e. The largest absolute Gasteiger partial charge is 0.379 e. The summed E-state index contributed by atoms with van der Waals surface area (Å²) in [4.78, 5) is 12.1. The molecule has 1 heterocycles. The Morgan fingerprint density at radius 3 is 2.85 bits per heavy atom. The van der Waals surface area contributed by atoms with Gasteiger partial charge in [-0.2, -0.15) is 0 Å². The minimum Gasteiger partial charge on any atom is -0.379 e. The van der Waals surface area contributed by atoms with Crippen LogP contribution in [-0.2, 0) is 16.1 Å². The van der Waals surface area contributed by atoms with Crippen LogP contribution in [0.25, 0.3) is 0 Å². The number of carbonyl (C=O) groups excluding carboxylic acids is 1. The third-order valence-corrected chi connectivity index (χ3v) is 3.33. The second-order valence-electron chi connectivity index (χ2n) is 4.77. The van der Waals surface area contributed by atoms with Gasteiger partial charge in [0.05, 0.1) is 19.1 Å². The molecular weight excluding hydrogens is 266 g/mol. The van der Waals surface area contributed by atoms with Crippen molar-refractivity contribution in [1.82, 2.24) is 10.6 Å². The number of nitrogens with one attached hydrogen (secondary N) is 2. The summed E-state index contributed by atoms with van der Waals surface area (Å²) in [6.45, 7) is 3.79. The number of benzene rings is 1. The van der Waals surface area contributed by atoms with Crippen LogP contribution in [0.4, 0.5) is 8.78 Å². The molecule has 2 atom stereocenters. The number of rotatable bonds is 5. The highest BCUT2D eigenvalue weighted by molar-refractivity contribution is 5.79. The molecule has 2 unspecified atom stereocenters. The lowest BCUT2D eigenvalue weighted by Crippen LogP contribution is -2.43. The summed E-state index contributed by atoms with van der Waals surface area (Å²) >= 11 is 0. The maximum atomic E-state index is 13.0. The van der Waals surface area contributed by atoms with Crippen LogP contribution in [0, 0.1) is 17.6 Å². The molecule has 0 bridgehead atoms. The molecule has 2 rings (SSSR count). The second-order valence-corrected chi connectivity index (χ2v) is 4.77. The summed E-state index contributed by atoms with van der Waals surface area (Å²) in [5.74, 6) is -2.19. The zero-order valence-electron chi connectivity index (χ0n) is 11.3. The zero-order valence-corrected chi connectivity index (χ0v) is 11.3. The van der Waals surface area contributed by atoms with Crippen LogP contribution in [0.3, 0.4) is 0 Å². The van der Waals surface area contributed by atoms with Gasteiger partial charge in [0.25, 0.3) is 0 Å². The van der Waals surface area contributed by atoms with Crippen LogP contribution in [-0.4, -0.2) is 31.7 Å². The molecule has 110 valence electrons. The molecule has 0 aliphatic carbocycles. The molecule has 1 saturated heterocycles. The van der Waals surface area contributed by atoms with Gasteiger partial charge in [-0.3, -0.25) is 4.79 Å². The van der Waals surface area contributed by atoms with E-state index in [9.17, 15) is 13.6 Å². The van der Waals surface area contributed by atoms with Gasteiger partial charge in [0, 0.05) is 12.6 Å². The first-order valence-corrected chi connectivity index (χ1v) is 6.64. The van der Waals surface area contributed by atoms with Crippen molar-refractivity contribution in [3.63, 3.8) is 0 Å². The maximum absolute atomic E-state index is 13.0. The van der Waals surface area contributed by atoms with E-state index in [0.29, 0.717) is 18.8 Å². The van der Waals surface area contributed by atoms with Gasteiger partial charge in [0.2, 0.25) is 5.91 Å². The highest BCUT2D eigenvalue weighted by Gasteiger charge is 2.33. The summed E-state index contributed by atoms with van der Waals surface area (Å²) in [7, 11) is 0. The fourth-order valence-corrected chi connectivity index (χ4v) is 2.25.